The number of fused-ring (bicyclic) bond motifs is 1. The maximum absolute atomic E-state index is 13.0. The minimum atomic E-state index is -0.345. The van der Waals surface area contributed by atoms with Crippen molar-refractivity contribution in [3.8, 4) is 11.5 Å². The smallest absolute Gasteiger partial charge is 0.227 e. The van der Waals surface area contributed by atoms with E-state index in [1.165, 1.54) is 0 Å². The molecule has 152 valence electrons. The van der Waals surface area contributed by atoms with Gasteiger partial charge in [-0.15, -0.1) is 11.8 Å². The first kappa shape index (κ1) is 19.6. The highest BCUT2D eigenvalue weighted by atomic mass is 32.2. The Labute approximate surface area is 174 Å². The number of carbonyl (C=O) groups is 2. The van der Waals surface area contributed by atoms with Crippen molar-refractivity contribution in [1.29, 1.82) is 0 Å². The van der Waals surface area contributed by atoms with Crippen LogP contribution in [0.5, 0.6) is 11.5 Å². The molecule has 0 radical (unpaired) electrons. The average Bonchev–Trinajstić information content (AvgIpc) is 3.14. The third kappa shape index (κ3) is 4.19. The van der Waals surface area contributed by atoms with Crippen LogP contribution in [0.15, 0.2) is 53.4 Å². The van der Waals surface area contributed by atoms with Crippen molar-refractivity contribution in [3.63, 3.8) is 0 Å². The fourth-order valence-corrected chi connectivity index (χ4v) is 4.21. The molecule has 2 heterocycles. The molecule has 1 saturated heterocycles. The average molecular weight is 413 g/mol. The molecule has 2 amide bonds. The zero-order valence-electron chi connectivity index (χ0n) is 16.5. The summed E-state index contributed by atoms with van der Waals surface area (Å²) in [5.74, 6) is 1.02. The largest absolute Gasteiger partial charge is 0.486 e. The van der Waals surface area contributed by atoms with Crippen molar-refractivity contribution in [2.75, 3.05) is 37.9 Å². The van der Waals surface area contributed by atoms with E-state index in [1.807, 2.05) is 54.8 Å². The Hall–Kier alpha value is -2.67. The summed E-state index contributed by atoms with van der Waals surface area (Å²) in [6, 6.07) is 15.4. The molecule has 6 nitrogen and oxygen atoms in total. The van der Waals surface area contributed by atoms with E-state index >= 15 is 0 Å². The summed E-state index contributed by atoms with van der Waals surface area (Å²) >= 11 is 1.63. The number of thioether (sulfide) groups is 1. The fourth-order valence-electron chi connectivity index (χ4n) is 3.76. The van der Waals surface area contributed by atoms with E-state index in [1.54, 1.807) is 28.6 Å². The lowest BCUT2D eigenvalue weighted by atomic mass is 10.1. The summed E-state index contributed by atoms with van der Waals surface area (Å²) in [4.78, 5) is 30.0. The van der Waals surface area contributed by atoms with Gasteiger partial charge in [0.25, 0.3) is 0 Å². The second-order valence-electron chi connectivity index (χ2n) is 7.32. The molecule has 0 aliphatic carbocycles. The molecule has 0 bridgehead atoms. The normalized spacial score (nSPS) is 20.6. The molecule has 2 atom stereocenters. The van der Waals surface area contributed by atoms with Crippen molar-refractivity contribution >= 4 is 29.3 Å². The topological polar surface area (TPSA) is 59.1 Å². The summed E-state index contributed by atoms with van der Waals surface area (Å²) in [5, 5.41) is 0. The van der Waals surface area contributed by atoms with Gasteiger partial charge in [0, 0.05) is 30.6 Å². The van der Waals surface area contributed by atoms with Crippen LogP contribution in [0.1, 0.15) is 6.42 Å². The monoisotopic (exact) mass is 412 g/mol. The molecule has 29 heavy (non-hydrogen) atoms. The molecule has 4 rings (SSSR count). The van der Waals surface area contributed by atoms with Gasteiger partial charge in [0.15, 0.2) is 17.6 Å². The Morgan fingerprint density at radius 1 is 1.21 bits per heavy atom. The van der Waals surface area contributed by atoms with E-state index in [0.717, 1.165) is 16.3 Å². The first-order valence-corrected chi connectivity index (χ1v) is 10.9. The van der Waals surface area contributed by atoms with Crippen LogP contribution in [0.4, 0.5) is 5.69 Å². The number of ether oxygens (including phenoxy) is 2. The van der Waals surface area contributed by atoms with Gasteiger partial charge in [-0.1, -0.05) is 18.2 Å². The van der Waals surface area contributed by atoms with Crippen LogP contribution in [-0.4, -0.2) is 55.8 Å². The molecular formula is C22H24N2O4S. The third-order valence-corrected chi connectivity index (χ3v) is 5.99. The highest BCUT2D eigenvalue weighted by Crippen LogP contribution is 2.32. The van der Waals surface area contributed by atoms with Gasteiger partial charge >= 0.3 is 0 Å². The van der Waals surface area contributed by atoms with E-state index < -0.39 is 0 Å². The number of rotatable bonds is 5. The van der Waals surface area contributed by atoms with Gasteiger partial charge in [0.2, 0.25) is 11.8 Å². The first-order chi connectivity index (χ1) is 14.0. The van der Waals surface area contributed by atoms with Gasteiger partial charge in [0.1, 0.15) is 6.61 Å². The van der Waals surface area contributed by atoms with Gasteiger partial charge in [-0.2, -0.15) is 0 Å². The van der Waals surface area contributed by atoms with Crippen LogP contribution in [0.3, 0.4) is 0 Å². The molecule has 7 heteroatoms. The van der Waals surface area contributed by atoms with Crippen molar-refractivity contribution in [1.82, 2.24) is 4.90 Å². The summed E-state index contributed by atoms with van der Waals surface area (Å²) in [7, 11) is 1.76. The number of benzene rings is 2. The molecule has 1 fully saturated rings. The van der Waals surface area contributed by atoms with Crippen LogP contribution >= 0.6 is 11.8 Å². The van der Waals surface area contributed by atoms with Gasteiger partial charge < -0.3 is 19.3 Å². The number of carbonyl (C=O) groups excluding carboxylic acids is 2. The number of hydrogen-bond donors (Lipinski definition) is 0. The number of anilines is 1. The lowest BCUT2D eigenvalue weighted by Crippen LogP contribution is -2.44. The van der Waals surface area contributed by atoms with Crippen LogP contribution in [0.2, 0.25) is 0 Å². The number of amides is 2. The summed E-state index contributed by atoms with van der Waals surface area (Å²) < 4.78 is 11.7. The highest BCUT2D eigenvalue weighted by molar-refractivity contribution is 7.98. The van der Waals surface area contributed by atoms with E-state index in [0.29, 0.717) is 25.4 Å². The molecule has 2 aromatic rings. The summed E-state index contributed by atoms with van der Waals surface area (Å²) in [6.07, 6.45) is 2.00. The Morgan fingerprint density at radius 2 is 2.00 bits per heavy atom. The molecule has 0 saturated carbocycles. The van der Waals surface area contributed by atoms with Crippen molar-refractivity contribution < 1.29 is 19.1 Å². The first-order valence-electron chi connectivity index (χ1n) is 9.63. The predicted molar refractivity (Wildman–Crippen MR) is 113 cm³/mol. The van der Waals surface area contributed by atoms with Gasteiger partial charge in [0.05, 0.1) is 12.5 Å². The van der Waals surface area contributed by atoms with E-state index in [-0.39, 0.29) is 30.3 Å². The molecule has 2 aliphatic rings. The lowest BCUT2D eigenvalue weighted by molar-refractivity contribution is -0.135. The Kier molecular flexibility index (Phi) is 5.67. The zero-order chi connectivity index (χ0) is 20.4. The summed E-state index contributed by atoms with van der Waals surface area (Å²) in [5.41, 5.74) is 0.848. The van der Waals surface area contributed by atoms with Gasteiger partial charge in [-0.3, -0.25) is 9.59 Å². The number of likely N-dealkylation sites (N-methyl/N-ethyl adjacent to an activating group) is 1. The Bertz CT molecular complexity index is 919. The summed E-state index contributed by atoms with van der Waals surface area (Å²) in [6.45, 7) is 1.22. The molecule has 0 unspecified atom stereocenters. The molecule has 0 N–H and O–H groups in total. The number of para-hydroxylation sites is 2. The van der Waals surface area contributed by atoms with Crippen LogP contribution in [-0.2, 0) is 9.59 Å². The van der Waals surface area contributed by atoms with E-state index in [2.05, 4.69) is 0 Å². The van der Waals surface area contributed by atoms with Crippen LogP contribution < -0.4 is 14.4 Å². The third-order valence-electron chi connectivity index (χ3n) is 5.26. The second-order valence-corrected chi connectivity index (χ2v) is 8.20. The van der Waals surface area contributed by atoms with Crippen LogP contribution in [0, 0.1) is 5.92 Å². The maximum Gasteiger partial charge on any atom is 0.227 e. The molecule has 0 aromatic heterocycles. The second kappa shape index (κ2) is 8.37. The highest BCUT2D eigenvalue weighted by Gasteiger charge is 2.37. The van der Waals surface area contributed by atoms with E-state index in [9.17, 15) is 9.59 Å². The van der Waals surface area contributed by atoms with Gasteiger partial charge in [-0.05, 0) is 36.6 Å². The predicted octanol–water partition coefficient (Wildman–Crippen LogP) is 3.06. The van der Waals surface area contributed by atoms with E-state index in [4.69, 9.17) is 9.47 Å². The maximum atomic E-state index is 13.0. The quantitative estimate of drug-likeness (QED) is 0.707. The molecular weight excluding hydrogens is 388 g/mol. The van der Waals surface area contributed by atoms with Crippen LogP contribution in [0.25, 0.3) is 0 Å². The van der Waals surface area contributed by atoms with Crippen molar-refractivity contribution in [2.45, 2.75) is 17.4 Å². The van der Waals surface area contributed by atoms with Gasteiger partial charge in [-0.25, -0.2) is 0 Å². The molecule has 2 aliphatic heterocycles. The van der Waals surface area contributed by atoms with Crippen molar-refractivity contribution in [3.05, 3.63) is 48.5 Å². The Morgan fingerprint density at radius 3 is 2.79 bits per heavy atom. The number of nitrogens with zero attached hydrogens (tertiary/aromatic N) is 2. The number of hydrogen-bond acceptors (Lipinski definition) is 5. The lowest BCUT2D eigenvalue weighted by Gasteiger charge is -2.30. The minimum absolute atomic E-state index is 0.0128. The fraction of sp³-hybridized carbons (Fsp3) is 0.364. The molecule has 2 aromatic carbocycles. The van der Waals surface area contributed by atoms with Crippen molar-refractivity contribution in [2.24, 2.45) is 5.92 Å². The standard InChI is InChI=1S/C22H24N2O4S/c1-23(13-17-14-27-19-8-3-4-9-20(19)28-17)22(26)15-10-21(25)24(12-15)16-6-5-7-18(11-16)29-2/h3-9,11,15,17H,10,12-14H2,1-2H3/t15-,17-/m1/s1. The minimum Gasteiger partial charge on any atom is -0.486 e. The zero-order valence-corrected chi connectivity index (χ0v) is 17.4. The molecule has 0 spiro atoms. The Balaban J connectivity index is 1.37. The SMILES string of the molecule is CSc1cccc(N2C[C@H](C(=O)N(C)C[C@@H]3COc4ccccc4O3)CC2=O)c1.